The number of benzene rings is 1. The van der Waals surface area contributed by atoms with Gasteiger partial charge in [0.05, 0.1) is 11.7 Å². The van der Waals surface area contributed by atoms with Crippen LogP contribution >= 0.6 is 0 Å². The second-order valence-electron chi connectivity index (χ2n) is 5.86. The number of rotatable bonds is 5. The smallest absolute Gasteiger partial charge is 0.415 e. The summed E-state index contributed by atoms with van der Waals surface area (Å²) in [6.45, 7) is 7.23. The first-order valence-corrected chi connectivity index (χ1v) is 7.05. The predicted octanol–water partition coefficient (Wildman–Crippen LogP) is 3.50. The summed E-state index contributed by atoms with van der Waals surface area (Å²) in [5.74, 6) is 0.0298. The van der Waals surface area contributed by atoms with E-state index in [4.69, 9.17) is 4.74 Å². The molecule has 5 heteroatoms. The quantitative estimate of drug-likeness (QED) is 0.844. The van der Waals surface area contributed by atoms with E-state index in [2.05, 4.69) is 0 Å². The number of ether oxygens (including phenoxy) is 1. The number of carbonyl (C=O) groups excluding carboxylic acids is 2. The van der Waals surface area contributed by atoms with Crippen LogP contribution in [0.5, 0.6) is 5.75 Å². The number of phenols is 1. The van der Waals surface area contributed by atoms with Gasteiger partial charge in [-0.2, -0.15) is 0 Å². The minimum absolute atomic E-state index is 0.0298. The maximum atomic E-state index is 12.4. The van der Waals surface area contributed by atoms with Crippen molar-refractivity contribution in [3.05, 3.63) is 24.3 Å². The maximum absolute atomic E-state index is 12.4. The molecular weight excluding hydrogens is 270 g/mol. The van der Waals surface area contributed by atoms with Gasteiger partial charge in [0.25, 0.3) is 0 Å². The minimum Gasteiger partial charge on any atom is -0.508 e. The molecule has 0 saturated carbocycles. The molecule has 0 aliphatic rings. The van der Waals surface area contributed by atoms with Gasteiger partial charge in [0.15, 0.2) is 0 Å². The first kappa shape index (κ1) is 17.0. The van der Waals surface area contributed by atoms with E-state index in [1.165, 1.54) is 17.0 Å². The molecular formula is C16H23NO4. The van der Waals surface area contributed by atoms with Gasteiger partial charge in [-0.25, -0.2) is 4.79 Å². The molecule has 0 aliphatic heterocycles. The van der Waals surface area contributed by atoms with Crippen LogP contribution in [0.2, 0.25) is 0 Å². The van der Waals surface area contributed by atoms with E-state index < -0.39 is 17.7 Å². The molecule has 0 bridgehead atoms. The van der Waals surface area contributed by atoms with E-state index in [-0.39, 0.29) is 5.75 Å². The molecule has 0 fully saturated rings. The summed E-state index contributed by atoms with van der Waals surface area (Å²) in [7, 11) is 0. The zero-order chi connectivity index (χ0) is 16.0. The summed E-state index contributed by atoms with van der Waals surface area (Å²) in [5, 5.41) is 9.59. The van der Waals surface area contributed by atoms with Crippen molar-refractivity contribution in [1.29, 1.82) is 0 Å². The standard InChI is InChI=1S/C16H23NO4/c1-5-7-13(11-18)17(15(20)21-16(2,3)4)12-8-6-9-14(19)10-12/h6,8-11,13,19H,5,7H2,1-4H3. The summed E-state index contributed by atoms with van der Waals surface area (Å²) in [6.07, 6.45) is 1.41. The Bertz CT molecular complexity index is 493. The van der Waals surface area contributed by atoms with E-state index in [9.17, 15) is 14.7 Å². The molecule has 1 atom stereocenters. The Morgan fingerprint density at radius 2 is 2.10 bits per heavy atom. The Morgan fingerprint density at radius 1 is 1.43 bits per heavy atom. The highest BCUT2D eigenvalue weighted by Crippen LogP contribution is 2.25. The van der Waals surface area contributed by atoms with Crippen LogP contribution in [-0.4, -0.2) is 29.1 Å². The molecule has 0 aromatic heterocycles. The topological polar surface area (TPSA) is 66.8 Å². The van der Waals surface area contributed by atoms with Crippen molar-refractivity contribution < 1.29 is 19.4 Å². The van der Waals surface area contributed by atoms with Crippen molar-refractivity contribution in [2.75, 3.05) is 4.90 Å². The lowest BCUT2D eigenvalue weighted by Gasteiger charge is -2.31. The average molecular weight is 293 g/mol. The first-order valence-electron chi connectivity index (χ1n) is 7.05. The second-order valence-corrected chi connectivity index (χ2v) is 5.86. The van der Waals surface area contributed by atoms with E-state index in [1.807, 2.05) is 6.92 Å². The zero-order valence-electron chi connectivity index (χ0n) is 13.0. The number of aldehydes is 1. The number of hydrogen-bond donors (Lipinski definition) is 1. The summed E-state index contributed by atoms with van der Waals surface area (Å²) in [6, 6.07) is 5.61. The molecule has 116 valence electrons. The van der Waals surface area contributed by atoms with Crippen molar-refractivity contribution in [2.45, 2.75) is 52.2 Å². The van der Waals surface area contributed by atoms with Crippen molar-refractivity contribution in [1.82, 2.24) is 0 Å². The van der Waals surface area contributed by atoms with Gasteiger partial charge in [0, 0.05) is 6.07 Å². The van der Waals surface area contributed by atoms with Gasteiger partial charge in [-0.05, 0) is 39.3 Å². The monoisotopic (exact) mass is 293 g/mol. The number of carbonyl (C=O) groups is 2. The van der Waals surface area contributed by atoms with Crippen molar-refractivity contribution in [3.63, 3.8) is 0 Å². The van der Waals surface area contributed by atoms with Crippen LogP contribution in [0.15, 0.2) is 24.3 Å². The summed E-state index contributed by atoms with van der Waals surface area (Å²) >= 11 is 0. The zero-order valence-corrected chi connectivity index (χ0v) is 13.0. The molecule has 0 heterocycles. The number of amides is 1. The third-order valence-corrected chi connectivity index (χ3v) is 2.77. The summed E-state index contributed by atoms with van der Waals surface area (Å²) < 4.78 is 5.37. The van der Waals surface area contributed by atoms with Gasteiger partial charge in [0.1, 0.15) is 17.6 Å². The Hall–Kier alpha value is -2.04. The minimum atomic E-state index is -0.661. The fraction of sp³-hybridized carbons (Fsp3) is 0.500. The van der Waals surface area contributed by atoms with Crippen LogP contribution in [0.1, 0.15) is 40.5 Å². The predicted molar refractivity (Wildman–Crippen MR) is 81.6 cm³/mol. The molecule has 1 aromatic carbocycles. The second kappa shape index (κ2) is 7.11. The maximum Gasteiger partial charge on any atom is 0.415 e. The molecule has 0 radical (unpaired) electrons. The molecule has 0 saturated heterocycles. The van der Waals surface area contributed by atoms with Gasteiger partial charge in [-0.3, -0.25) is 4.90 Å². The number of hydrogen-bond acceptors (Lipinski definition) is 4. The number of aromatic hydroxyl groups is 1. The lowest BCUT2D eigenvalue weighted by atomic mass is 10.1. The van der Waals surface area contributed by atoms with Gasteiger partial charge < -0.3 is 14.6 Å². The number of anilines is 1. The van der Waals surface area contributed by atoms with E-state index in [0.717, 1.165) is 12.7 Å². The third kappa shape index (κ3) is 5.10. The van der Waals surface area contributed by atoms with Crippen molar-refractivity contribution in [3.8, 4) is 5.75 Å². The fourth-order valence-electron chi connectivity index (χ4n) is 1.94. The molecule has 1 rings (SSSR count). The lowest BCUT2D eigenvalue weighted by molar-refractivity contribution is -0.109. The molecule has 5 nitrogen and oxygen atoms in total. The molecule has 0 spiro atoms. The average Bonchev–Trinajstić information content (AvgIpc) is 2.36. The van der Waals surface area contributed by atoms with Crippen molar-refractivity contribution in [2.24, 2.45) is 0 Å². The van der Waals surface area contributed by atoms with Gasteiger partial charge >= 0.3 is 6.09 Å². The largest absolute Gasteiger partial charge is 0.508 e. The lowest BCUT2D eigenvalue weighted by Crippen LogP contribution is -2.44. The van der Waals surface area contributed by atoms with E-state index in [0.29, 0.717) is 12.1 Å². The highest BCUT2D eigenvalue weighted by Gasteiger charge is 2.29. The van der Waals surface area contributed by atoms with Gasteiger partial charge in [-0.1, -0.05) is 19.4 Å². The number of phenolic OH excluding ortho intramolecular Hbond substituents is 1. The SMILES string of the molecule is CCCC(C=O)N(C(=O)OC(C)(C)C)c1cccc(O)c1. The summed E-state index contributed by atoms with van der Waals surface area (Å²) in [5.41, 5.74) is -0.221. The normalized spacial score (nSPS) is 12.6. The van der Waals surface area contributed by atoms with Crippen molar-refractivity contribution >= 4 is 18.1 Å². The van der Waals surface area contributed by atoms with Crippen LogP contribution in [-0.2, 0) is 9.53 Å². The Labute approximate surface area is 125 Å². The molecule has 0 aliphatic carbocycles. The van der Waals surface area contributed by atoms with Crippen LogP contribution in [0.4, 0.5) is 10.5 Å². The van der Waals surface area contributed by atoms with Crippen LogP contribution < -0.4 is 4.90 Å². The Kier molecular flexibility index (Phi) is 5.76. The van der Waals surface area contributed by atoms with Crippen LogP contribution in [0.3, 0.4) is 0 Å². The molecule has 1 aromatic rings. The van der Waals surface area contributed by atoms with Crippen LogP contribution in [0.25, 0.3) is 0 Å². The van der Waals surface area contributed by atoms with Crippen LogP contribution in [0, 0.1) is 0 Å². The fourth-order valence-corrected chi connectivity index (χ4v) is 1.94. The van der Waals surface area contributed by atoms with Gasteiger partial charge in [-0.15, -0.1) is 0 Å². The van der Waals surface area contributed by atoms with E-state index in [1.54, 1.807) is 32.9 Å². The van der Waals surface area contributed by atoms with Gasteiger partial charge in [0.2, 0.25) is 0 Å². The highest BCUT2D eigenvalue weighted by atomic mass is 16.6. The molecule has 1 N–H and O–H groups in total. The highest BCUT2D eigenvalue weighted by molar-refractivity contribution is 5.92. The first-order chi connectivity index (χ1) is 9.78. The Balaban J connectivity index is 3.16. The van der Waals surface area contributed by atoms with E-state index >= 15 is 0 Å². The number of nitrogens with zero attached hydrogens (tertiary/aromatic N) is 1. The third-order valence-electron chi connectivity index (χ3n) is 2.77. The summed E-state index contributed by atoms with van der Waals surface area (Å²) in [4.78, 5) is 25.1. The molecule has 1 amide bonds. The molecule has 21 heavy (non-hydrogen) atoms. The molecule has 1 unspecified atom stereocenters. The Morgan fingerprint density at radius 3 is 2.57 bits per heavy atom.